The van der Waals surface area contributed by atoms with Gasteiger partial charge in [-0.3, -0.25) is 9.69 Å². The molecule has 154 valence electrons. The second-order valence-electron chi connectivity index (χ2n) is 6.66. The van der Waals surface area contributed by atoms with E-state index in [2.05, 4.69) is 10.2 Å². The lowest BCUT2D eigenvalue weighted by Crippen LogP contribution is -2.58. The van der Waals surface area contributed by atoms with Gasteiger partial charge in [0.05, 0.1) is 24.8 Å². The van der Waals surface area contributed by atoms with E-state index in [1.807, 2.05) is 24.3 Å². The molecule has 0 saturated carbocycles. The van der Waals surface area contributed by atoms with Crippen LogP contribution in [0.25, 0.3) is 0 Å². The van der Waals surface area contributed by atoms with E-state index in [1.165, 1.54) is 0 Å². The highest BCUT2D eigenvalue weighted by Crippen LogP contribution is 2.28. The van der Waals surface area contributed by atoms with Gasteiger partial charge in [-0.05, 0) is 24.5 Å². The number of nitrogens with zero attached hydrogens (tertiary/aromatic N) is 1. The Balaban J connectivity index is 0.00000182. The summed E-state index contributed by atoms with van der Waals surface area (Å²) in [7, 11) is 0. The van der Waals surface area contributed by atoms with Crippen molar-refractivity contribution < 1.29 is 14.3 Å². The van der Waals surface area contributed by atoms with Crippen molar-refractivity contribution in [3.63, 3.8) is 0 Å². The molecule has 2 heterocycles. The van der Waals surface area contributed by atoms with Crippen LogP contribution in [-0.4, -0.2) is 62.4 Å². The van der Waals surface area contributed by atoms with Gasteiger partial charge in [-0.15, -0.1) is 24.8 Å². The standard InChI is InChI=1S/C18H26ClN3O3.2ClH/c19-15-4-2-1-3-14(15)16(22-7-11-25-12-8-22)13-21-17(23)18(20)5-9-24-10-6-18;;/h1-4,16H,5-13,20H2,(H,21,23);2*1H. The molecule has 2 aliphatic heterocycles. The van der Waals surface area contributed by atoms with E-state index >= 15 is 0 Å². The van der Waals surface area contributed by atoms with E-state index in [9.17, 15) is 4.79 Å². The molecule has 0 spiro atoms. The van der Waals surface area contributed by atoms with Gasteiger partial charge in [0, 0.05) is 37.9 Å². The first-order valence-electron chi connectivity index (χ1n) is 8.81. The van der Waals surface area contributed by atoms with E-state index in [0.29, 0.717) is 50.8 Å². The van der Waals surface area contributed by atoms with Crippen molar-refractivity contribution >= 4 is 42.3 Å². The van der Waals surface area contributed by atoms with Crippen LogP contribution in [0.2, 0.25) is 5.02 Å². The monoisotopic (exact) mass is 439 g/mol. The highest BCUT2D eigenvalue weighted by atomic mass is 35.5. The first kappa shape index (κ1) is 24.4. The summed E-state index contributed by atoms with van der Waals surface area (Å²) in [5.41, 5.74) is 6.46. The number of benzene rings is 1. The summed E-state index contributed by atoms with van der Waals surface area (Å²) in [5, 5.41) is 3.77. The third kappa shape index (κ3) is 6.19. The Kier molecular flexibility index (Phi) is 10.3. The summed E-state index contributed by atoms with van der Waals surface area (Å²) in [6.07, 6.45) is 1.10. The molecular formula is C18H28Cl3N3O3. The van der Waals surface area contributed by atoms with Crippen molar-refractivity contribution in [2.45, 2.75) is 24.4 Å². The van der Waals surface area contributed by atoms with Gasteiger partial charge in [-0.25, -0.2) is 0 Å². The Morgan fingerprint density at radius 1 is 1.15 bits per heavy atom. The highest BCUT2D eigenvalue weighted by Gasteiger charge is 2.36. The molecule has 0 aromatic heterocycles. The Bertz CT molecular complexity index is 594. The lowest BCUT2D eigenvalue weighted by atomic mass is 9.90. The van der Waals surface area contributed by atoms with Crippen molar-refractivity contribution in [2.24, 2.45) is 5.73 Å². The Morgan fingerprint density at radius 2 is 1.74 bits per heavy atom. The lowest BCUT2D eigenvalue weighted by molar-refractivity contribution is -0.130. The zero-order chi connectivity index (χ0) is 17.7. The van der Waals surface area contributed by atoms with Crippen molar-refractivity contribution in [3.8, 4) is 0 Å². The van der Waals surface area contributed by atoms with Gasteiger partial charge >= 0.3 is 0 Å². The molecule has 3 N–H and O–H groups in total. The number of hydrogen-bond donors (Lipinski definition) is 2. The Hall–Kier alpha value is -0.600. The number of carbonyl (C=O) groups excluding carboxylic acids is 1. The first-order valence-corrected chi connectivity index (χ1v) is 9.19. The summed E-state index contributed by atoms with van der Waals surface area (Å²) in [6.45, 7) is 4.53. The van der Waals surface area contributed by atoms with Gasteiger partial charge in [-0.2, -0.15) is 0 Å². The molecule has 6 nitrogen and oxygen atoms in total. The Labute approximate surface area is 177 Å². The molecule has 9 heteroatoms. The number of morpholine rings is 1. The fourth-order valence-corrected chi connectivity index (χ4v) is 3.66. The summed E-state index contributed by atoms with van der Waals surface area (Å²) in [5.74, 6) is -0.110. The minimum Gasteiger partial charge on any atom is -0.381 e. The van der Waals surface area contributed by atoms with Crippen LogP contribution in [0.15, 0.2) is 24.3 Å². The fraction of sp³-hybridized carbons (Fsp3) is 0.611. The van der Waals surface area contributed by atoms with Crippen LogP contribution in [0.5, 0.6) is 0 Å². The molecule has 0 radical (unpaired) electrons. The zero-order valence-corrected chi connectivity index (χ0v) is 17.6. The summed E-state index contributed by atoms with van der Waals surface area (Å²) in [4.78, 5) is 15.0. The predicted molar refractivity (Wildman–Crippen MR) is 111 cm³/mol. The molecule has 0 aliphatic carbocycles. The van der Waals surface area contributed by atoms with Crippen LogP contribution < -0.4 is 11.1 Å². The SMILES string of the molecule is Cl.Cl.NC1(C(=O)NCC(c2ccccc2Cl)N2CCOCC2)CCOCC1. The third-order valence-electron chi connectivity index (χ3n) is 5.04. The average Bonchev–Trinajstić information content (AvgIpc) is 2.64. The number of halogens is 3. The van der Waals surface area contributed by atoms with Gasteiger partial charge in [0.25, 0.3) is 0 Å². The van der Waals surface area contributed by atoms with Crippen LogP contribution in [0.3, 0.4) is 0 Å². The van der Waals surface area contributed by atoms with Crippen LogP contribution in [0, 0.1) is 0 Å². The van der Waals surface area contributed by atoms with Crippen molar-refractivity contribution in [1.82, 2.24) is 10.2 Å². The molecule has 2 fully saturated rings. The highest BCUT2D eigenvalue weighted by molar-refractivity contribution is 6.31. The number of nitrogens with two attached hydrogens (primary N) is 1. The van der Waals surface area contributed by atoms with Gasteiger partial charge in [0.1, 0.15) is 0 Å². The van der Waals surface area contributed by atoms with E-state index in [0.717, 1.165) is 18.7 Å². The van der Waals surface area contributed by atoms with Gasteiger partial charge in [0.15, 0.2) is 0 Å². The quantitative estimate of drug-likeness (QED) is 0.734. The number of carbonyl (C=O) groups is 1. The molecule has 2 aliphatic rings. The van der Waals surface area contributed by atoms with Crippen LogP contribution in [0.1, 0.15) is 24.4 Å². The summed E-state index contributed by atoms with van der Waals surface area (Å²) < 4.78 is 10.8. The summed E-state index contributed by atoms with van der Waals surface area (Å²) >= 11 is 6.42. The normalized spacial score (nSPS) is 20.7. The van der Waals surface area contributed by atoms with E-state index in [4.69, 9.17) is 26.8 Å². The topological polar surface area (TPSA) is 76.8 Å². The minimum absolute atomic E-state index is 0. The third-order valence-corrected chi connectivity index (χ3v) is 5.39. The summed E-state index contributed by atoms with van der Waals surface area (Å²) in [6, 6.07) is 7.79. The molecule has 1 aromatic carbocycles. The molecule has 27 heavy (non-hydrogen) atoms. The molecular weight excluding hydrogens is 413 g/mol. The maximum Gasteiger partial charge on any atom is 0.240 e. The van der Waals surface area contributed by atoms with Crippen molar-refractivity contribution in [2.75, 3.05) is 46.1 Å². The van der Waals surface area contributed by atoms with Crippen molar-refractivity contribution in [3.05, 3.63) is 34.9 Å². The maximum absolute atomic E-state index is 12.7. The van der Waals surface area contributed by atoms with Gasteiger partial charge < -0.3 is 20.5 Å². The number of nitrogens with one attached hydrogen (secondary N) is 1. The number of amides is 1. The van der Waals surface area contributed by atoms with Gasteiger partial charge in [0.2, 0.25) is 5.91 Å². The van der Waals surface area contributed by atoms with Gasteiger partial charge in [-0.1, -0.05) is 29.8 Å². The molecule has 1 atom stereocenters. The molecule has 2 saturated heterocycles. The molecule has 1 aromatic rings. The molecule has 1 amide bonds. The van der Waals surface area contributed by atoms with Crippen LogP contribution in [0.4, 0.5) is 0 Å². The largest absolute Gasteiger partial charge is 0.381 e. The second kappa shape index (κ2) is 11.4. The molecule has 0 bridgehead atoms. The predicted octanol–water partition coefficient (Wildman–Crippen LogP) is 2.18. The number of hydrogen-bond acceptors (Lipinski definition) is 5. The number of rotatable bonds is 5. The molecule has 3 rings (SSSR count). The lowest BCUT2D eigenvalue weighted by Gasteiger charge is -2.37. The Morgan fingerprint density at radius 3 is 2.37 bits per heavy atom. The van der Waals surface area contributed by atoms with Crippen LogP contribution in [-0.2, 0) is 14.3 Å². The zero-order valence-electron chi connectivity index (χ0n) is 15.2. The first-order chi connectivity index (χ1) is 12.1. The number of ether oxygens (including phenoxy) is 2. The minimum atomic E-state index is -0.839. The van der Waals surface area contributed by atoms with E-state index < -0.39 is 5.54 Å². The fourth-order valence-electron chi connectivity index (χ4n) is 3.40. The maximum atomic E-state index is 12.7. The van der Waals surface area contributed by atoms with E-state index in [1.54, 1.807) is 0 Å². The van der Waals surface area contributed by atoms with Crippen LogP contribution >= 0.6 is 36.4 Å². The van der Waals surface area contributed by atoms with Crippen molar-refractivity contribution in [1.29, 1.82) is 0 Å². The smallest absolute Gasteiger partial charge is 0.240 e. The second-order valence-corrected chi connectivity index (χ2v) is 7.07. The van der Waals surface area contributed by atoms with E-state index in [-0.39, 0.29) is 36.8 Å². The average molecular weight is 441 g/mol. The molecule has 1 unspecified atom stereocenters.